The van der Waals surface area contributed by atoms with E-state index in [2.05, 4.69) is 0 Å². The number of aliphatic hydroxyl groups excluding tert-OH is 1. The highest BCUT2D eigenvalue weighted by Gasteiger charge is 1.89. The molecule has 0 saturated carbocycles. The number of hydrogen-bond acceptors (Lipinski definition) is 3. The molecule has 0 heterocycles. The van der Waals surface area contributed by atoms with Gasteiger partial charge in [0.25, 0.3) is 0 Å². The fourth-order valence-electron chi connectivity index (χ4n) is 0.282. The molecule has 0 rings (SSSR count). The van der Waals surface area contributed by atoms with Gasteiger partial charge in [0.15, 0.2) is 5.78 Å². The van der Waals surface area contributed by atoms with Crippen LogP contribution < -0.4 is 0 Å². The molecule has 0 aliphatic rings. The summed E-state index contributed by atoms with van der Waals surface area (Å²) in [5.74, 6) is -1.76. The first-order valence-electron chi connectivity index (χ1n) is 2.42. The number of carbonyl (C=O) groups is 2. The fraction of sp³-hybridized carbons (Fsp3) is 0. The number of carbonyl (C=O) groups excluding carboxylic acids is 1. The molecule has 54 valence electrons. The second-order valence-corrected chi connectivity index (χ2v) is 1.39. The molecule has 0 aliphatic carbocycles. The first-order chi connectivity index (χ1) is 4.66. The average molecular weight is 142 g/mol. The van der Waals surface area contributed by atoms with Crippen molar-refractivity contribution in [1.29, 1.82) is 0 Å². The highest BCUT2D eigenvalue weighted by molar-refractivity contribution is 6.02. The average Bonchev–Trinajstić information content (AvgIpc) is 1.85. The van der Waals surface area contributed by atoms with Gasteiger partial charge in [-0.2, -0.15) is 0 Å². The Kier molecular flexibility index (Phi) is 3.63. The minimum Gasteiger partial charge on any atom is -0.515 e. The highest BCUT2D eigenvalue weighted by Crippen LogP contribution is 1.78. The zero-order valence-electron chi connectivity index (χ0n) is 5.02. The summed E-state index contributed by atoms with van der Waals surface area (Å²) in [4.78, 5) is 20.1. The van der Waals surface area contributed by atoms with Crippen molar-refractivity contribution in [3.05, 3.63) is 24.5 Å². The Hall–Kier alpha value is -1.58. The molecule has 10 heavy (non-hydrogen) atoms. The lowest BCUT2D eigenvalue weighted by atomic mass is 10.3. The van der Waals surface area contributed by atoms with Crippen molar-refractivity contribution in [3.8, 4) is 0 Å². The lowest BCUT2D eigenvalue weighted by molar-refractivity contribution is -0.131. The van der Waals surface area contributed by atoms with Gasteiger partial charge in [0.1, 0.15) is 0 Å². The molecule has 0 radical (unpaired) electrons. The number of aliphatic hydroxyl groups is 1. The van der Waals surface area contributed by atoms with E-state index in [1.807, 2.05) is 0 Å². The van der Waals surface area contributed by atoms with Crippen LogP contribution in [-0.2, 0) is 9.59 Å². The van der Waals surface area contributed by atoms with Crippen LogP contribution in [0.2, 0.25) is 0 Å². The Bertz CT molecular complexity index is 190. The van der Waals surface area contributed by atoms with Crippen molar-refractivity contribution in [2.24, 2.45) is 0 Å². The molecule has 0 bridgehead atoms. The van der Waals surface area contributed by atoms with Gasteiger partial charge in [-0.05, 0) is 6.08 Å². The van der Waals surface area contributed by atoms with E-state index in [1.54, 1.807) is 0 Å². The van der Waals surface area contributed by atoms with Gasteiger partial charge >= 0.3 is 5.97 Å². The van der Waals surface area contributed by atoms with E-state index in [-0.39, 0.29) is 0 Å². The van der Waals surface area contributed by atoms with Crippen LogP contribution in [0.1, 0.15) is 0 Å². The molecule has 2 N–H and O–H groups in total. The van der Waals surface area contributed by atoms with Crippen LogP contribution in [-0.4, -0.2) is 22.0 Å². The second kappa shape index (κ2) is 4.31. The number of hydrogen-bond donors (Lipinski definition) is 2. The maximum Gasteiger partial charge on any atom is 0.328 e. The normalized spacial score (nSPS) is 10.8. The quantitative estimate of drug-likeness (QED) is 0.438. The van der Waals surface area contributed by atoms with Crippen LogP contribution in [0.3, 0.4) is 0 Å². The van der Waals surface area contributed by atoms with E-state index in [9.17, 15) is 9.59 Å². The number of ketones is 1. The summed E-state index contributed by atoms with van der Waals surface area (Å²) < 4.78 is 0. The lowest BCUT2D eigenvalue weighted by Gasteiger charge is -1.78. The van der Waals surface area contributed by atoms with Crippen LogP contribution >= 0.6 is 0 Å². The Morgan fingerprint density at radius 1 is 1.10 bits per heavy atom. The second-order valence-electron chi connectivity index (χ2n) is 1.39. The molecule has 0 aliphatic heterocycles. The molecule has 4 heteroatoms. The minimum absolute atomic E-state index is 0.550. The van der Waals surface area contributed by atoms with Crippen LogP contribution in [0.15, 0.2) is 24.5 Å². The molecule has 0 fully saturated rings. The third-order valence-electron chi connectivity index (χ3n) is 0.629. The molecular formula is C6H6O4. The minimum atomic E-state index is -1.19. The Morgan fingerprint density at radius 2 is 1.70 bits per heavy atom. The van der Waals surface area contributed by atoms with E-state index in [0.29, 0.717) is 12.3 Å². The zero-order chi connectivity index (χ0) is 7.98. The molecule has 0 atom stereocenters. The maximum atomic E-state index is 10.4. The highest BCUT2D eigenvalue weighted by atomic mass is 16.4. The first kappa shape index (κ1) is 8.42. The number of rotatable bonds is 3. The van der Waals surface area contributed by atoms with Gasteiger partial charge in [0.2, 0.25) is 0 Å². The van der Waals surface area contributed by atoms with Crippen molar-refractivity contribution in [1.82, 2.24) is 0 Å². The molecule has 0 spiro atoms. The number of carboxylic acids is 1. The molecule has 0 aromatic rings. The van der Waals surface area contributed by atoms with Gasteiger partial charge in [-0.15, -0.1) is 0 Å². The third-order valence-corrected chi connectivity index (χ3v) is 0.629. The van der Waals surface area contributed by atoms with E-state index in [4.69, 9.17) is 10.2 Å². The summed E-state index contributed by atoms with van der Waals surface area (Å²) in [5, 5.41) is 16.0. The van der Waals surface area contributed by atoms with E-state index < -0.39 is 11.8 Å². The largest absolute Gasteiger partial charge is 0.515 e. The summed E-state index contributed by atoms with van der Waals surface area (Å²) >= 11 is 0. The maximum absolute atomic E-state index is 10.4. The third kappa shape index (κ3) is 4.58. The number of carboxylic acid groups (broad SMARTS) is 1. The SMILES string of the molecule is O=C(O)/C=C\C(=O)/C=C\O. The van der Waals surface area contributed by atoms with Gasteiger partial charge in [-0.3, -0.25) is 4.79 Å². The van der Waals surface area contributed by atoms with Gasteiger partial charge < -0.3 is 10.2 Å². The molecule has 0 saturated heterocycles. The van der Waals surface area contributed by atoms with Crippen LogP contribution in [0, 0.1) is 0 Å². The van der Waals surface area contributed by atoms with E-state index in [0.717, 1.165) is 12.2 Å². The standard InChI is InChI=1S/C6H6O4/c7-4-3-5(8)1-2-6(9)10/h1-4,7H,(H,9,10)/b2-1-,4-3-. The van der Waals surface area contributed by atoms with Crippen molar-refractivity contribution in [3.63, 3.8) is 0 Å². The molecule has 0 aromatic heterocycles. The van der Waals surface area contributed by atoms with E-state index >= 15 is 0 Å². The summed E-state index contributed by atoms with van der Waals surface area (Å²) in [7, 11) is 0. The lowest BCUT2D eigenvalue weighted by Crippen LogP contribution is -1.90. The fourth-order valence-corrected chi connectivity index (χ4v) is 0.282. The van der Waals surface area contributed by atoms with Gasteiger partial charge in [0.05, 0.1) is 6.26 Å². The molecule has 4 nitrogen and oxygen atoms in total. The Labute approximate surface area is 57.1 Å². The molecule has 0 aromatic carbocycles. The Morgan fingerprint density at radius 3 is 2.10 bits per heavy atom. The van der Waals surface area contributed by atoms with Crippen molar-refractivity contribution >= 4 is 11.8 Å². The monoisotopic (exact) mass is 142 g/mol. The van der Waals surface area contributed by atoms with Crippen molar-refractivity contribution < 1.29 is 19.8 Å². The summed E-state index contributed by atoms with van der Waals surface area (Å²) in [6, 6.07) is 0. The topological polar surface area (TPSA) is 74.6 Å². The first-order valence-corrected chi connectivity index (χ1v) is 2.42. The molecular weight excluding hydrogens is 136 g/mol. The Balaban J connectivity index is 3.90. The van der Waals surface area contributed by atoms with Crippen LogP contribution in [0.5, 0.6) is 0 Å². The molecule has 0 unspecified atom stereocenters. The summed E-state index contributed by atoms with van der Waals surface area (Å²) in [6.45, 7) is 0. The van der Waals surface area contributed by atoms with Crippen LogP contribution in [0.4, 0.5) is 0 Å². The number of aliphatic carboxylic acids is 1. The van der Waals surface area contributed by atoms with E-state index in [1.165, 1.54) is 0 Å². The number of allylic oxidation sites excluding steroid dienone is 2. The molecule has 0 amide bonds. The van der Waals surface area contributed by atoms with Gasteiger partial charge in [-0.25, -0.2) is 4.79 Å². The predicted octanol–water partition coefficient (Wildman–Crippen LogP) is 0.268. The van der Waals surface area contributed by atoms with Crippen molar-refractivity contribution in [2.75, 3.05) is 0 Å². The zero-order valence-corrected chi connectivity index (χ0v) is 5.02. The summed E-state index contributed by atoms with van der Waals surface area (Å²) in [5.41, 5.74) is 0. The van der Waals surface area contributed by atoms with Gasteiger partial charge in [0, 0.05) is 12.2 Å². The van der Waals surface area contributed by atoms with Crippen LogP contribution in [0.25, 0.3) is 0 Å². The summed E-state index contributed by atoms with van der Waals surface area (Å²) in [6.07, 6.45) is 2.94. The smallest absolute Gasteiger partial charge is 0.328 e. The predicted molar refractivity (Wildman–Crippen MR) is 33.6 cm³/mol. The van der Waals surface area contributed by atoms with Crippen molar-refractivity contribution in [2.45, 2.75) is 0 Å². The van der Waals surface area contributed by atoms with Gasteiger partial charge in [-0.1, -0.05) is 0 Å².